The highest BCUT2D eigenvalue weighted by molar-refractivity contribution is 5.90. The molecule has 3 nitrogen and oxygen atoms in total. The van der Waals surface area contributed by atoms with Gasteiger partial charge >= 0.3 is 6.03 Å². The van der Waals surface area contributed by atoms with Gasteiger partial charge in [0.25, 0.3) is 0 Å². The first-order valence-corrected chi connectivity index (χ1v) is 6.30. The lowest BCUT2D eigenvalue weighted by Gasteiger charge is -2.05. The van der Waals surface area contributed by atoms with Crippen LogP contribution in [0.25, 0.3) is 6.08 Å². The molecule has 0 bridgehead atoms. The van der Waals surface area contributed by atoms with E-state index < -0.39 is 17.7 Å². The third-order valence-corrected chi connectivity index (χ3v) is 2.74. The van der Waals surface area contributed by atoms with Crippen LogP contribution in [0.4, 0.5) is 19.3 Å². The number of rotatable bonds is 3. The highest BCUT2D eigenvalue weighted by Crippen LogP contribution is 2.14. The van der Waals surface area contributed by atoms with Crippen LogP contribution in [0.5, 0.6) is 0 Å². The molecule has 21 heavy (non-hydrogen) atoms. The zero-order chi connectivity index (χ0) is 15.2. The molecule has 0 aliphatic heterocycles. The van der Waals surface area contributed by atoms with E-state index >= 15 is 0 Å². The number of nitrogens with one attached hydrogen (secondary N) is 2. The lowest BCUT2D eigenvalue weighted by Crippen LogP contribution is -2.24. The highest BCUT2D eigenvalue weighted by Gasteiger charge is 2.06. The lowest BCUT2D eigenvalue weighted by molar-refractivity contribution is 0.255. The molecule has 0 unspecified atom stereocenters. The van der Waals surface area contributed by atoms with E-state index in [-0.39, 0.29) is 5.69 Å². The minimum Gasteiger partial charge on any atom is -0.314 e. The van der Waals surface area contributed by atoms with Crippen LogP contribution < -0.4 is 10.6 Å². The number of carbonyl (C=O) groups excluding carboxylic acids is 1. The van der Waals surface area contributed by atoms with Crippen molar-refractivity contribution in [2.45, 2.75) is 6.92 Å². The maximum absolute atomic E-state index is 13.3. The Morgan fingerprint density at radius 3 is 2.52 bits per heavy atom. The molecule has 0 atom stereocenters. The Kier molecular flexibility index (Phi) is 4.66. The van der Waals surface area contributed by atoms with Crippen LogP contribution in [0.1, 0.15) is 11.1 Å². The number of carbonyl (C=O) groups is 1. The number of benzene rings is 2. The number of halogens is 2. The molecule has 2 amide bonds. The van der Waals surface area contributed by atoms with Gasteiger partial charge < -0.3 is 10.6 Å². The normalized spacial score (nSPS) is 10.6. The van der Waals surface area contributed by atoms with Gasteiger partial charge in [-0.15, -0.1) is 0 Å². The average molecular weight is 288 g/mol. The second kappa shape index (κ2) is 6.65. The fraction of sp³-hybridized carbons (Fsp3) is 0.0625. The van der Waals surface area contributed by atoms with Crippen molar-refractivity contribution in [3.63, 3.8) is 0 Å². The topological polar surface area (TPSA) is 41.1 Å². The second-order valence-corrected chi connectivity index (χ2v) is 4.47. The molecular weight excluding hydrogens is 274 g/mol. The van der Waals surface area contributed by atoms with Gasteiger partial charge in [0.15, 0.2) is 0 Å². The Labute approximate surface area is 121 Å². The molecule has 2 rings (SSSR count). The number of amides is 2. The minimum atomic E-state index is -0.700. The molecule has 0 aromatic heterocycles. The van der Waals surface area contributed by atoms with Crippen LogP contribution in [0.2, 0.25) is 0 Å². The van der Waals surface area contributed by atoms with Crippen LogP contribution in [0.15, 0.2) is 48.7 Å². The maximum Gasteiger partial charge on any atom is 0.323 e. The summed E-state index contributed by atoms with van der Waals surface area (Å²) in [6.45, 7) is 1.98. The van der Waals surface area contributed by atoms with E-state index in [1.165, 1.54) is 6.20 Å². The molecule has 5 heteroatoms. The Morgan fingerprint density at radius 1 is 1.10 bits per heavy atom. The third-order valence-electron chi connectivity index (χ3n) is 2.74. The Hall–Kier alpha value is -2.69. The first-order valence-electron chi connectivity index (χ1n) is 6.30. The van der Waals surface area contributed by atoms with Crippen molar-refractivity contribution >= 4 is 17.8 Å². The van der Waals surface area contributed by atoms with Crippen molar-refractivity contribution in [3.05, 3.63) is 71.4 Å². The minimum absolute atomic E-state index is 0.212. The number of aryl methyl sites for hydroxylation is 1. The molecule has 0 saturated carbocycles. The summed E-state index contributed by atoms with van der Waals surface area (Å²) >= 11 is 0. The van der Waals surface area contributed by atoms with Crippen LogP contribution in [-0.2, 0) is 0 Å². The summed E-state index contributed by atoms with van der Waals surface area (Å²) in [4.78, 5) is 11.6. The summed E-state index contributed by atoms with van der Waals surface area (Å²) in [6.07, 6.45) is 3.12. The van der Waals surface area contributed by atoms with E-state index in [4.69, 9.17) is 0 Å². The van der Waals surface area contributed by atoms with E-state index in [0.717, 1.165) is 29.3 Å². The van der Waals surface area contributed by atoms with Crippen molar-refractivity contribution in [1.29, 1.82) is 0 Å². The first-order chi connectivity index (χ1) is 10.0. The van der Waals surface area contributed by atoms with Crippen molar-refractivity contribution in [2.75, 3.05) is 5.32 Å². The number of hydrogen-bond acceptors (Lipinski definition) is 1. The summed E-state index contributed by atoms with van der Waals surface area (Å²) in [6, 6.07) is 9.89. The predicted molar refractivity (Wildman–Crippen MR) is 78.7 cm³/mol. The molecule has 0 fully saturated rings. The predicted octanol–water partition coefficient (Wildman–Crippen LogP) is 4.07. The van der Waals surface area contributed by atoms with E-state index in [1.807, 2.05) is 31.2 Å². The Bertz CT molecular complexity index is 666. The largest absolute Gasteiger partial charge is 0.323 e. The maximum atomic E-state index is 13.3. The highest BCUT2D eigenvalue weighted by atomic mass is 19.1. The molecule has 0 heterocycles. The SMILES string of the molecule is Cc1ccc(/C=C/NC(=O)Nc2cc(F)ccc2F)cc1. The van der Waals surface area contributed by atoms with E-state index in [9.17, 15) is 13.6 Å². The van der Waals surface area contributed by atoms with Crippen molar-refractivity contribution < 1.29 is 13.6 Å². The van der Waals surface area contributed by atoms with E-state index in [2.05, 4.69) is 10.6 Å². The zero-order valence-corrected chi connectivity index (χ0v) is 11.4. The van der Waals surface area contributed by atoms with Crippen LogP contribution in [-0.4, -0.2) is 6.03 Å². The number of urea groups is 1. The molecule has 2 aromatic carbocycles. The van der Waals surface area contributed by atoms with E-state index in [0.29, 0.717) is 0 Å². The zero-order valence-electron chi connectivity index (χ0n) is 11.4. The van der Waals surface area contributed by atoms with Crippen LogP contribution in [0.3, 0.4) is 0 Å². The molecule has 0 radical (unpaired) electrons. The van der Waals surface area contributed by atoms with Gasteiger partial charge in [-0.25, -0.2) is 13.6 Å². The third kappa shape index (κ3) is 4.42. The van der Waals surface area contributed by atoms with Gasteiger partial charge in [-0.2, -0.15) is 0 Å². The number of anilines is 1. The summed E-state index contributed by atoms with van der Waals surface area (Å²) in [5, 5.41) is 4.65. The molecule has 2 N–H and O–H groups in total. The fourth-order valence-corrected chi connectivity index (χ4v) is 1.64. The molecule has 0 aliphatic rings. The standard InChI is InChI=1S/C16H14F2N2O/c1-11-2-4-12(5-3-11)8-9-19-16(21)20-15-10-13(17)6-7-14(15)18/h2-10H,1H3,(H2,19,20,21)/b9-8+. The van der Waals surface area contributed by atoms with Gasteiger partial charge in [-0.1, -0.05) is 29.8 Å². The van der Waals surface area contributed by atoms with Gasteiger partial charge in [0.05, 0.1) is 5.69 Å². The molecule has 108 valence electrons. The molecule has 0 saturated heterocycles. The van der Waals surface area contributed by atoms with Gasteiger partial charge in [0.2, 0.25) is 0 Å². The molecule has 0 aliphatic carbocycles. The van der Waals surface area contributed by atoms with Crippen molar-refractivity contribution in [3.8, 4) is 0 Å². The van der Waals surface area contributed by atoms with Gasteiger partial charge in [0, 0.05) is 12.3 Å². The summed E-state index contributed by atoms with van der Waals surface area (Å²) in [5.41, 5.74) is 1.84. The smallest absolute Gasteiger partial charge is 0.314 e. The van der Waals surface area contributed by atoms with Crippen LogP contribution in [0, 0.1) is 18.6 Å². The van der Waals surface area contributed by atoms with Gasteiger partial charge in [0.1, 0.15) is 11.6 Å². The second-order valence-electron chi connectivity index (χ2n) is 4.47. The summed E-state index contributed by atoms with van der Waals surface area (Å²) in [5.74, 6) is -1.32. The van der Waals surface area contributed by atoms with E-state index in [1.54, 1.807) is 6.08 Å². The first kappa shape index (κ1) is 14.7. The molecular formula is C16H14F2N2O. The lowest BCUT2D eigenvalue weighted by atomic mass is 10.1. The van der Waals surface area contributed by atoms with Crippen molar-refractivity contribution in [1.82, 2.24) is 5.32 Å². The Morgan fingerprint density at radius 2 is 1.81 bits per heavy atom. The summed E-state index contributed by atoms with van der Waals surface area (Å²) in [7, 11) is 0. The molecule has 2 aromatic rings. The summed E-state index contributed by atoms with van der Waals surface area (Å²) < 4.78 is 26.3. The van der Waals surface area contributed by atoms with Gasteiger partial charge in [-0.05, 0) is 30.7 Å². The monoisotopic (exact) mass is 288 g/mol. The fourth-order valence-electron chi connectivity index (χ4n) is 1.64. The van der Waals surface area contributed by atoms with Gasteiger partial charge in [-0.3, -0.25) is 0 Å². The van der Waals surface area contributed by atoms with Crippen molar-refractivity contribution in [2.24, 2.45) is 0 Å². The Balaban J connectivity index is 1.93. The average Bonchev–Trinajstić information content (AvgIpc) is 2.45. The molecule has 0 spiro atoms. The quantitative estimate of drug-likeness (QED) is 0.878. The number of hydrogen-bond donors (Lipinski definition) is 2. The van der Waals surface area contributed by atoms with Crippen LogP contribution >= 0.6 is 0 Å².